The van der Waals surface area contributed by atoms with Crippen molar-refractivity contribution in [3.8, 4) is 5.69 Å². The first-order chi connectivity index (χ1) is 7.58. The molecule has 2 rings (SSSR count). The van der Waals surface area contributed by atoms with Gasteiger partial charge in [0.2, 0.25) is 0 Å². The molecule has 0 atom stereocenters. The molecule has 1 aromatic carbocycles. The molecule has 0 aliphatic rings. The standard InChI is InChI=1S/C13H14N2O/c1-9-6-10(2)8-11(7-9)15-5-3-4-12(15)13(14)16/h3-8H,1-2H3,(H2,14,16). The Hall–Kier alpha value is -2.03. The first kappa shape index (κ1) is 10.5. The summed E-state index contributed by atoms with van der Waals surface area (Å²) in [6.07, 6.45) is 1.84. The van der Waals surface area contributed by atoms with Crippen molar-refractivity contribution < 1.29 is 4.79 Å². The van der Waals surface area contributed by atoms with Gasteiger partial charge >= 0.3 is 0 Å². The molecule has 82 valence electrons. The summed E-state index contributed by atoms with van der Waals surface area (Å²) in [6, 6.07) is 9.69. The van der Waals surface area contributed by atoms with Crippen molar-refractivity contribution >= 4 is 5.91 Å². The quantitative estimate of drug-likeness (QED) is 0.818. The zero-order valence-electron chi connectivity index (χ0n) is 9.40. The van der Waals surface area contributed by atoms with Crippen molar-refractivity contribution in [2.24, 2.45) is 5.73 Å². The molecule has 0 aliphatic carbocycles. The van der Waals surface area contributed by atoms with Gasteiger partial charge in [0, 0.05) is 11.9 Å². The maximum atomic E-state index is 11.2. The second-order valence-corrected chi connectivity index (χ2v) is 3.97. The molecule has 0 aliphatic heterocycles. The third-order valence-electron chi connectivity index (χ3n) is 2.49. The first-order valence-electron chi connectivity index (χ1n) is 5.14. The van der Waals surface area contributed by atoms with Crippen LogP contribution in [0.25, 0.3) is 5.69 Å². The van der Waals surface area contributed by atoms with Crippen LogP contribution >= 0.6 is 0 Å². The van der Waals surface area contributed by atoms with E-state index in [-0.39, 0.29) is 0 Å². The van der Waals surface area contributed by atoms with Crippen molar-refractivity contribution in [1.82, 2.24) is 4.57 Å². The summed E-state index contributed by atoms with van der Waals surface area (Å²) < 4.78 is 1.81. The van der Waals surface area contributed by atoms with Crippen LogP contribution in [0.4, 0.5) is 0 Å². The maximum Gasteiger partial charge on any atom is 0.265 e. The number of aromatic nitrogens is 1. The minimum atomic E-state index is -0.413. The molecule has 3 nitrogen and oxygen atoms in total. The molecule has 1 amide bonds. The molecule has 16 heavy (non-hydrogen) atoms. The summed E-state index contributed by atoms with van der Waals surface area (Å²) >= 11 is 0. The summed E-state index contributed by atoms with van der Waals surface area (Å²) in [5.74, 6) is -0.413. The zero-order chi connectivity index (χ0) is 11.7. The van der Waals surface area contributed by atoms with E-state index >= 15 is 0 Å². The van der Waals surface area contributed by atoms with Gasteiger partial charge in [0.05, 0.1) is 0 Å². The van der Waals surface area contributed by atoms with Gasteiger partial charge in [-0.25, -0.2) is 0 Å². The van der Waals surface area contributed by atoms with Gasteiger partial charge in [0.15, 0.2) is 0 Å². The largest absolute Gasteiger partial charge is 0.364 e. The average Bonchev–Trinajstić information content (AvgIpc) is 2.63. The molecule has 0 saturated heterocycles. The lowest BCUT2D eigenvalue weighted by Crippen LogP contribution is -2.15. The van der Waals surface area contributed by atoms with E-state index in [1.807, 2.05) is 42.8 Å². The van der Waals surface area contributed by atoms with Crippen LogP contribution in [0.2, 0.25) is 0 Å². The summed E-state index contributed by atoms with van der Waals surface area (Å²) in [7, 11) is 0. The van der Waals surface area contributed by atoms with Crippen LogP contribution in [0.1, 0.15) is 21.6 Å². The highest BCUT2D eigenvalue weighted by Crippen LogP contribution is 2.16. The lowest BCUT2D eigenvalue weighted by molar-refractivity contribution is 0.0994. The van der Waals surface area contributed by atoms with Crippen LogP contribution in [0.5, 0.6) is 0 Å². The van der Waals surface area contributed by atoms with Crippen LogP contribution in [0.3, 0.4) is 0 Å². The Morgan fingerprint density at radius 1 is 1.19 bits per heavy atom. The van der Waals surface area contributed by atoms with Gasteiger partial charge in [-0.15, -0.1) is 0 Å². The molecule has 0 saturated carbocycles. The number of carbonyl (C=O) groups excluding carboxylic acids is 1. The molecule has 2 N–H and O–H groups in total. The van der Waals surface area contributed by atoms with Gasteiger partial charge in [-0.05, 0) is 49.2 Å². The number of hydrogen-bond donors (Lipinski definition) is 1. The predicted octanol–water partition coefficient (Wildman–Crippen LogP) is 2.19. The van der Waals surface area contributed by atoms with Crippen molar-refractivity contribution in [2.45, 2.75) is 13.8 Å². The van der Waals surface area contributed by atoms with E-state index in [1.165, 1.54) is 11.1 Å². The molecule has 0 spiro atoms. The van der Waals surface area contributed by atoms with Gasteiger partial charge in [0.25, 0.3) is 5.91 Å². The van der Waals surface area contributed by atoms with Crippen LogP contribution in [-0.2, 0) is 0 Å². The molecular weight excluding hydrogens is 200 g/mol. The predicted molar refractivity (Wildman–Crippen MR) is 63.8 cm³/mol. The number of benzene rings is 1. The average molecular weight is 214 g/mol. The molecule has 0 radical (unpaired) electrons. The number of hydrogen-bond acceptors (Lipinski definition) is 1. The lowest BCUT2D eigenvalue weighted by atomic mass is 10.1. The van der Waals surface area contributed by atoms with E-state index in [9.17, 15) is 4.79 Å². The fourth-order valence-corrected chi connectivity index (χ4v) is 1.90. The number of nitrogens with zero attached hydrogens (tertiary/aromatic N) is 1. The second-order valence-electron chi connectivity index (χ2n) is 3.97. The van der Waals surface area contributed by atoms with E-state index in [1.54, 1.807) is 6.07 Å². The summed E-state index contributed by atoms with van der Waals surface area (Å²) in [6.45, 7) is 4.06. The van der Waals surface area contributed by atoms with Crippen LogP contribution < -0.4 is 5.73 Å². The molecule has 0 bridgehead atoms. The normalized spacial score (nSPS) is 10.4. The van der Waals surface area contributed by atoms with Gasteiger partial charge in [-0.3, -0.25) is 4.79 Å². The molecule has 0 unspecified atom stereocenters. The molecule has 2 aromatic rings. The lowest BCUT2D eigenvalue weighted by Gasteiger charge is -2.09. The number of primary amides is 1. The van der Waals surface area contributed by atoms with Crippen molar-refractivity contribution in [2.75, 3.05) is 0 Å². The van der Waals surface area contributed by atoms with Crippen LogP contribution in [0, 0.1) is 13.8 Å². The highest BCUT2D eigenvalue weighted by molar-refractivity contribution is 5.91. The van der Waals surface area contributed by atoms with Gasteiger partial charge in [0.1, 0.15) is 5.69 Å². The second kappa shape index (κ2) is 3.85. The zero-order valence-corrected chi connectivity index (χ0v) is 9.40. The number of aryl methyl sites for hydroxylation is 2. The van der Waals surface area contributed by atoms with Gasteiger partial charge in [-0.1, -0.05) is 6.07 Å². The van der Waals surface area contributed by atoms with E-state index in [2.05, 4.69) is 6.07 Å². The topological polar surface area (TPSA) is 48.0 Å². The SMILES string of the molecule is Cc1cc(C)cc(-n2cccc2C(N)=O)c1. The van der Waals surface area contributed by atoms with Crippen molar-refractivity contribution in [3.63, 3.8) is 0 Å². The van der Waals surface area contributed by atoms with E-state index < -0.39 is 5.91 Å². The Morgan fingerprint density at radius 3 is 2.38 bits per heavy atom. The van der Waals surface area contributed by atoms with E-state index in [0.717, 1.165) is 5.69 Å². The van der Waals surface area contributed by atoms with E-state index in [0.29, 0.717) is 5.69 Å². The fourth-order valence-electron chi connectivity index (χ4n) is 1.90. The van der Waals surface area contributed by atoms with Gasteiger partial charge < -0.3 is 10.3 Å². The number of rotatable bonds is 2. The summed E-state index contributed by atoms with van der Waals surface area (Å²) in [4.78, 5) is 11.2. The minimum Gasteiger partial charge on any atom is -0.364 e. The Bertz CT molecular complexity index is 520. The van der Waals surface area contributed by atoms with Crippen molar-refractivity contribution in [1.29, 1.82) is 0 Å². The Kier molecular flexibility index (Phi) is 2.52. The molecule has 0 fully saturated rings. The van der Waals surface area contributed by atoms with Crippen LogP contribution in [0.15, 0.2) is 36.5 Å². The summed E-state index contributed by atoms with van der Waals surface area (Å²) in [5.41, 5.74) is 9.12. The Morgan fingerprint density at radius 2 is 1.81 bits per heavy atom. The molecule has 3 heteroatoms. The highest BCUT2D eigenvalue weighted by atomic mass is 16.1. The minimum absolute atomic E-state index is 0.413. The molecular formula is C13H14N2O. The fraction of sp³-hybridized carbons (Fsp3) is 0.154. The number of nitrogens with two attached hydrogens (primary N) is 1. The van der Waals surface area contributed by atoms with Crippen LogP contribution in [-0.4, -0.2) is 10.5 Å². The number of amides is 1. The highest BCUT2D eigenvalue weighted by Gasteiger charge is 2.08. The van der Waals surface area contributed by atoms with E-state index in [4.69, 9.17) is 5.73 Å². The third-order valence-corrected chi connectivity index (χ3v) is 2.49. The first-order valence-corrected chi connectivity index (χ1v) is 5.14. The smallest absolute Gasteiger partial charge is 0.265 e. The van der Waals surface area contributed by atoms with Crippen molar-refractivity contribution in [3.05, 3.63) is 53.3 Å². The molecule has 1 heterocycles. The Labute approximate surface area is 94.5 Å². The number of carbonyl (C=O) groups is 1. The summed E-state index contributed by atoms with van der Waals surface area (Å²) in [5, 5.41) is 0. The third kappa shape index (κ3) is 1.84. The monoisotopic (exact) mass is 214 g/mol. The maximum absolute atomic E-state index is 11.2. The Balaban J connectivity index is 2.58. The molecule has 1 aromatic heterocycles. The van der Waals surface area contributed by atoms with Gasteiger partial charge in [-0.2, -0.15) is 0 Å².